The van der Waals surface area contributed by atoms with Crippen LogP contribution in [-0.4, -0.2) is 30.0 Å². The summed E-state index contributed by atoms with van der Waals surface area (Å²) < 4.78 is 0. The van der Waals surface area contributed by atoms with Crippen molar-refractivity contribution in [3.05, 3.63) is 34.9 Å². The quantitative estimate of drug-likeness (QED) is 0.898. The maximum atomic E-state index is 12.5. The molecule has 1 aromatic carbocycles. The van der Waals surface area contributed by atoms with E-state index in [1.165, 1.54) is 17.5 Å². The summed E-state index contributed by atoms with van der Waals surface area (Å²) in [7, 11) is 0. The molecule has 1 heterocycles. The van der Waals surface area contributed by atoms with E-state index < -0.39 is 0 Å². The summed E-state index contributed by atoms with van der Waals surface area (Å²) in [6.07, 6.45) is 6.58. The molecule has 20 heavy (non-hydrogen) atoms. The lowest BCUT2D eigenvalue weighted by molar-refractivity contribution is 0.0936. The minimum absolute atomic E-state index is 0.121. The van der Waals surface area contributed by atoms with Gasteiger partial charge in [0.05, 0.1) is 0 Å². The second kappa shape index (κ2) is 6.19. The number of nitrogens with one attached hydrogen (secondary N) is 2. The van der Waals surface area contributed by atoms with Crippen molar-refractivity contribution in [1.82, 2.24) is 10.6 Å². The van der Waals surface area contributed by atoms with Crippen LogP contribution in [0.1, 0.15) is 40.7 Å². The van der Waals surface area contributed by atoms with Crippen molar-refractivity contribution in [1.29, 1.82) is 0 Å². The van der Waals surface area contributed by atoms with Gasteiger partial charge < -0.3 is 10.6 Å². The first-order chi connectivity index (χ1) is 9.78. The zero-order valence-electron chi connectivity index (χ0n) is 11.9. The molecule has 1 aliphatic carbocycles. The van der Waals surface area contributed by atoms with Gasteiger partial charge in [-0.1, -0.05) is 12.1 Å². The van der Waals surface area contributed by atoms with Gasteiger partial charge in [-0.05, 0) is 55.7 Å². The van der Waals surface area contributed by atoms with Crippen LogP contribution in [0.4, 0.5) is 0 Å². The van der Waals surface area contributed by atoms with Crippen LogP contribution in [0.25, 0.3) is 0 Å². The third-order valence-electron chi connectivity index (χ3n) is 4.44. The highest BCUT2D eigenvalue weighted by molar-refractivity contribution is 7.99. The Balaban J connectivity index is 1.71. The molecule has 1 aromatic rings. The second-order valence-corrected chi connectivity index (χ2v) is 6.85. The molecule has 1 aliphatic heterocycles. The Morgan fingerprint density at radius 3 is 3.10 bits per heavy atom. The molecule has 108 valence electrons. The van der Waals surface area contributed by atoms with Crippen LogP contribution in [0.5, 0.6) is 0 Å². The maximum absolute atomic E-state index is 12.5. The first-order valence-corrected chi connectivity index (χ1v) is 8.72. The molecule has 1 fully saturated rings. The van der Waals surface area contributed by atoms with E-state index in [0.29, 0.717) is 11.3 Å². The lowest BCUT2D eigenvalue weighted by Crippen LogP contribution is -2.35. The van der Waals surface area contributed by atoms with Crippen LogP contribution < -0.4 is 10.6 Å². The number of amides is 1. The third kappa shape index (κ3) is 2.86. The van der Waals surface area contributed by atoms with Gasteiger partial charge >= 0.3 is 0 Å². The van der Waals surface area contributed by atoms with E-state index in [2.05, 4.69) is 23.0 Å². The first kappa shape index (κ1) is 14.0. The van der Waals surface area contributed by atoms with E-state index in [1.54, 1.807) is 0 Å². The van der Waals surface area contributed by atoms with Gasteiger partial charge in [0.2, 0.25) is 0 Å². The molecular weight excluding hydrogens is 268 g/mol. The largest absolute Gasteiger partial charge is 0.349 e. The van der Waals surface area contributed by atoms with Gasteiger partial charge in [0.25, 0.3) is 5.91 Å². The molecule has 0 radical (unpaired) electrons. The molecule has 1 saturated carbocycles. The average Bonchev–Trinajstić information content (AvgIpc) is 2.94. The molecular formula is C16H22N2OS. The molecule has 2 N–H and O–H groups in total. The molecule has 2 unspecified atom stereocenters. The van der Waals surface area contributed by atoms with Crippen molar-refractivity contribution in [2.75, 3.05) is 12.8 Å². The Labute approximate surface area is 124 Å². The smallest absolute Gasteiger partial charge is 0.251 e. The standard InChI is InChI=1S/C16H22N2OS/c1-20-13-6-5-12(9-13)18-16(19)15-4-2-3-11-10-17-8-7-14(11)15/h2-4,12-13,17H,5-10H2,1H3,(H,18,19). The number of thioether (sulfide) groups is 1. The van der Waals surface area contributed by atoms with Crippen LogP contribution >= 0.6 is 11.8 Å². The lowest BCUT2D eigenvalue weighted by atomic mass is 9.95. The highest BCUT2D eigenvalue weighted by Crippen LogP contribution is 2.28. The third-order valence-corrected chi connectivity index (χ3v) is 5.53. The molecule has 0 saturated heterocycles. The monoisotopic (exact) mass is 290 g/mol. The van der Waals surface area contributed by atoms with Crippen molar-refractivity contribution in [3.8, 4) is 0 Å². The van der Waals surface area contributed by atoms with Crippen LogP contribution in [0.2, 0.25) is 0 Å². The number of carbonyl (C=O) groups is 1. The van der Waals surface area contributed by atoms with E-state index in [-0.39, 0.29) is 5.91 Å². The summed E-state index contributed by atoms with van der Waals surface area (Å²) >= 11 is 1.92. The highest BCUT2D eigenvalue weighted by atomic mass is 32.2. The van der Waals surface area contributed by atoms with E-state index in [0.717, 1.165) is 37.9 Å². The zero-order valence-corrected chi connectivity index (χ0v) is 12.8. The fourth-order valence-electron chi connectivity index (χ4n) is 3.29. The Morgan fingerprint density at radius 2 is 2.30 bits per heavy atom. The summed E-state index contributed by atoms with van der Waals surface area (Å²) in [4.78, 5) is 12.5. The lowest BCUT2D eigenvalue weighted by Gasteiger charge is -2.21. The van der Waals surface area contributed by atoms with E-state index >= 15 is 0 Å². The summed E-state index contributed by atoms with van der Waals surface area (Å²) in [5.74, 6) is 0.121. The molecule has 0 bridgehead atoms. The number of hydrogen-bond acceptors (Lipinski definition) is 3. The van der Waals surface area contributed by atoms with Gasteiger partial charge in [0, 0.05) is 23.4 Å². The van der Waals surface area contributed by atoms with Crippen LogP contribution in [0.15, 0.2) is 18.2 Å². The van der Waals surface area contributed by atoms with Gasteiger partial charge in [0.1, 0.15) is 0 Å². The molecule has 0 aromatic heterocycles. The molecule has 0 spiro atoms. The highest BCUT2D eigenvalue weighted by Gasteiger charge is 2.26. The fourth-order valence-corrected chi connectivity index (χ4v) is 4.09. The average molecular weight is 290 g/mol. The molecule has 1 amide bonds. The van der Waals surface area contributed by atoms with E-state index in [9.17, 15) is 4.79 Å². The second-order valence-electron chi connectivity index (χ2n) is 5.71. The van der Waals surface area contributed by atoms with Crippen LogP contribution in [-0.2, 0) is 13.0 Å². The fraction of sp³-hybridized carbons (Fsp3) is 0.562. The number of carbonyl (C=O) groups excluding carboxylic acids is 1. The van der Waals surface area contributed by atoms with Gasteiger partial charge in [-0.2, -0.15) is 11.8 Å². The van der Waals surface area contributed by atoms with Crippen LogP contribution in [0.3, 0.4) is 0 Å². The molecule has 3 rings (SSSR count). The topological polar surface area (TPSA) is 41.1 Å². The van der Waals surface area contributed by atoms with Crippen molar-refractivity contribution < 1.29 is 4.79 Å². The molecule has 4 heteroatoms. The van der Waals surface area contributed by atoms with Crippen molar-refractivity contribution in [3.63, 3.8) is 0 Å². The van der Waals surface area contributed by atoms with E-state index in [4.69, 9.17) is 0 Å². The summed E-state index contributed by atoms with van der Waals surface area (Å²) in [5.41, 5.74) is 3.40. The van der Waals surface area contributed by atoms with Gasteiger partial charge in [-0.15, -0.1) is 0 Å². The molecule has 3 nitrogen and oxygen atoms in total. The predicted molar refractivity (Wildman–Crippen MR) is 84.3 cm³/mol. The SMILES string of the molecule is CSC1CCC(NC(=O)c2cccc3c2CCNC3)C1. The summed E-state index contributed by atoms with van der Waals surface area (Å²) in [5, 5.41) is 7.31. The van der Waals surface area contributed by atoms with Crippen molar-refractivity contribution in [2.45, 2.75) is 43.5 Å². The van der Waals surface area contributed by atoms with Gasteiger partial charge in [-0.3, -0.25) is 4.79 Å². The normalized spacial score (nSPS) is 25.2. The van der Waals surface area contributed by atoms with Crippen LogP contribution in [0, 0.1) is 0 Å². The Morgan fingerprint density at radius 1 is 1.40 bits per heavy atom. The number of benzene rings is 1. The minimum atomic E-state index is 0.121. The van der Waals surface area contributed by atoms with E-state index in [1.807, 2.05) is 23.9 Å². The molecule has 2 aliphatic rings. The van der Waals surface area contributed by atoms with Crippen molar-refractivity contribution >= 4 is 17.7 Å². The number of fused-ring (bicyclic) bond motifs is 1. The first-order valence-electron chi connectivity index (χ1n) is 7.43. The predicted octanol–water partition coefficient (Wildman–Crippen LogP) is 2.35. The van der Waals surface area contributed by atoms with Crippen molar-refractivity contribution in [2.24, 2.45) is 0 Å². The zero-order chi connectivity index (χ0) is 13.9. The van der Waals surface area contributed by atoms with Gasteiger partial charge in [-0.25, -0.2) is 0 Å². The Kier molecular flexibility index (Phi) is 4.32. The number of rotatable bonds is 3. The Bertz CT molecular complexity index is 503. The minimum Gasteiger partial charge on any atom is -0.349 e. The summed E-state index contributed by atoms with van der Waals surface area (Å²) in [6.45, 7) is 1.85. The molecule has 2 atom stereocenters. The Hall–Kier alpha value is -1.00. The number of hydrogen-bond donors (Lipinski definition) is 2. The maximum Gasteiger partial charge on any atom is 0.251 e. The van der Waals surface area contributed by atoms with Gasteiger partial charge in [0.15, 0.2) is 0 Å². The summed E-state index contributed by atoms with van der Waals surface area (Å²) in [6, 6.07) is 6.45.